The van der Waals surface area contributed by atoms with E-state index in [1.54, 1.807) is 25.1 Å². The van der Waals surface area contributed by atoms with Crippen LogP contribution in [0.15, 0.2) is 35.4 Å². The fourth-order valence-electron chi connectivity index (χ4n) is 2.54. The topological polar surface area (TPSA) is 72.4 Å². The second kappa shape index (κ2) is 7.45. The molecule has 0 radical (unpaired) electrons. The zero-order valence-electron chi connectivity index (χ0n) is 13.5. The highest BCUT2D eigenvalue weighted by Gasteiger charge is 2.39. The van der Waals surface area contributed by atoms with Crippen LogP contribution in [0.2, 0.25) is 10.2 Å². The molecule has 9 heteroatoms. The number of benzene rings is 1. The van der Waals surface area contributed by atoms with Crippen molar-refractivity contribution in [2.75, 3.05) is 13.2 Å². The number of aryl methyl sites for hydroxylation is 1. The van der Waals surface area contributed by atoms with Gasteiger partial charge >= 0.3 is 6.01 Å². The van der Waals surface area contributed by atoms with Gasteiger partial charge in [-0.1, -0.05) is 35.3 Å². The van der Waals surface area contributed by atoms with Gasteiger partial charge in [0, 0.05) is 18.8 Å². The maximum absolute atomic E-state index is 13.1. The van der Waals surface area contributed by atoms with E-state index < -0.39 is 10.0 Å². The summed E-state index contributed by atoms with van der Waals surface area (Å²) >= 11 is 11.9. The van der Waals surface area contributed by atoms with Crippen molar-refractivity contribution in [1.82, 2.24) is 14.3 Å². The Kier molecular flexibility index (Phi) is 5.48. The first kappa shape index (κ1) is 18.4. The minimum absolute atomic E-state index is 0.0236. The standard InChI is InChI=1S/C16H17Cl2N3O3S/c1-11-3-2-4-13(17)15(11)25(22,23)21(12-5-6-12)9-10-24-16-19-8-7-14(18)20-16/h2-4,7-8,12H,5-6,9-10H2,1H3. The summed E-state index contributed by atoms with van der Waals surface area (Å²) in [6.45, 7) is 2.05. The van der Waals surface area contributed by atoms with E-state index in [4.69, 9.17) is 27.9 Å². The van der Waals surface area contributed by atoms with Gasteiger partial charge in [-0.15, -0.1) is 0 Å². The average molecular weight is 402 g/mol. The van der Waals surface area contributed by atoms with Gasteiger partial charge in [0.05, 0.1) is 5.02 Å². The maximum atomic E-state index is 13.1. The molecule has 1 aromatic carbocycles. The largest absolute Gasteiger partial charge is 0.462 e. The van der Waals surface area contributed by atoms with Crippen molar-refractivity contribution >= 4 is 33.2 Å². The zero-order chi connectivity index (χ0) is 18.0. The third kappa shape index (κ3) is 4.23. The summed E-state index contributed by atoms with van der Waals surface area (Å²) in [6, 6.07) is 6.69. The van der Waals surface area contributed by atoms with Crippen molar-refractivity contribution in [3.8, 4) is 6.01 Å². The summed E-state index contributed by atoms with van der Waals surface area (Å²) in [5.41, 5.74) is 0.622. The van der Waals surface area contributed by atoms with Crippen molar-refractivity contribution in [2.45, 2.75) is 30.7 Å². The molecule has 1 heterocycles. The summed E-state index contributed by atoms with van der Waals surface area (Å²) in [4.78, 5) is 8.02. The highest BCUT2D eigenvalue weighted by molar-refractivity contribution is 7.89. The predicted molar refractivity (Wildman–Crippen MR) is 95.6 cm³/mol. The number of hydrogen-bond donors (Lipinski definition) is 0. The normalized spacial score (nSPS) is 14.7. The Morgan fingerprint density at radius 2 is 2.04 bits per heavy atom. The fourth-order valence-corrected chi connectivity index (χ4v) is 5.12. The summed E-state index contributed by atoms with van der Waals surface area (Å²) < 4.78 is 33.1. The molecule has 6 nitrogen and oxygen atoms in total. The summed E-state index contributed by atoms with van der Waals surface area (Å²) in [5, 5.41) is 0.494. The van der Waals surface area contributed by atoms with Gasteiger partial charge in [0.1, 0.15) is 16.7 Å². The maximum Gasteiger partial charge on any atom is 0.317 e. The molecule has 0 N–H and O–H groups in total. The summed E-state index contributed by atoms with van der Waals surface area (Å²) in [5.74, 6) is 0. The number of hydrogen-bond acceptors (Lipinski definition) is 5. The Hall–Kier alpha value is -1.41. The lowest BCUT2D eigenvalue weighted by molar-refractivity contribution is 0.252. The number of halogens is 2. The lowest BCUT2D eigenvalue weighted by Gasteiger charge is -2.23. The monoisotopic (exact) mass is 401 g/mol. The van der Waals surface area contributed by atoms with Gasteiger partial charge in [-0.05, 0) is 37.5 Å². The van der Waals surface area contributed by atoms with Crippen molar-refractivity contribution in [2.24, 2.45) is 0 Å². The van der Waals surface area contributed by atoms with Crippen molar-refractivity contribution in [1.29, 1.82) is 0 Å². The Morgan fingerprint density at radius 1 is 1.28 bits per heavy atom. The van der Waals surface area contributed by atoms with E-state index in [-0.39, 0.29) is 40.3 Å². The van der Waals surface area contributed by atoms with Crippen LogP contribution in [-0.4, -0.2) is 41.9 Å². The number of nitrogens with zero attached hydrogens (tertiary/aromatic N) is 3. The van der Waals surface area contributed by atoms with Crippen molar-refractivity contribution in [3.63, 3.8) is 0 Å². The first-order valence-electron chi connectivity index (χ1n) is 7.78. The van der Waals surface area contributed by atoms with Gasteiger partial charge in [0.2, 0.25) is 10.0 Å². The highest BCUT2D eigenvalue weighted by atomic mass is 35.5. The molecule has 3 rings (SSSR count). The molecule has 0 saturated heterocycles. The van der Waals surface area contributed by atoms with Crippen LogP contribution < -0.4 is 4.74 Å². The molecule has 0 atom stereocenters. The van der Waals surface area contributed by atoms with Gasteiger partial charge in [-0.25, -0.2) is 13.4 Å². The Morgan fingerprint density at radius 3 is 2.68 bits per heavy atom. The molecule has 1 fully saturated rings. The van der Waals surface area contributed by atoms with E-state index in [0.717, 1.165) is 12.8 Å². The van der Waals surface area contributed by atoms with Gasteiger partial charge in [-0.3, -0.25) is 0 Å². The first-order valence-corrected chi connectivity index (χ1v) is 9.97. The second-order valence-corrected chi connectivity index (χ2v) is 8.37. The molecule has 134 valence electrons. The highest BCUT2D eigenvalue weighted by Crippen LogP contribution is 2.35. The lowest BCUT2D eigenvalue weighted by atomic mass is 10.2. The molecule has 0 bridgehead atoms. The van der Waals surface area contributed by atoms with E-state index in [2.05, 4.69) is 9.97 Å². The molecule has 25 heavy (non-hydrogen) atoms. The van der Waals surface area contributed by atoms with Crippen LogP contribution in [-0.2, 0) is 10.0 Å². The molecule has 0 aliphatic heterocycles. The van der Waals surface area contributed by atoms with Crippen LogP contribution in [0.5, 0.6) is 6.01 Å². The molecule has 2 aromatic rings. The SMILES string of the molecule is Cc1cccc(Cl)c1S(=O)(=O)N(CCOc1nccc(Cl)n1)C1CC1. The molecule has 0 unspecified atom stereocenters. The second-order valence-electron chi connectivity index (χ2n) is 5.74. The molecule has 1 aliphatic rings. The molecule has 1 aliphatic carbocycles. The van der Waals surface area contributed by atoms with Crippen LogP contribution >= 0.6 is 23.2 Å². The van der Waals surface area contributed by atoms with E-state index in [9.17, 15) is 8.42 Å². The number of ether oxygens (including phenoxy) is 1. The Bertz CT molecular complexity index is 852. The quantitative estimate of drug-likeness (QED) is 0.665. The number of rotatable bonds is 7. The molecular weight excluding hydrogens is 385 g/mol. The van der Waals surface area contributed by atoms with Crippen LogP contribution in [0.4, 0.5) is 0 Å². The molecule has 0 amide bonds. The fraction of sp³-hybridized carbons (Fsp3) is 0.375. The average Bonchev–Trinajstić information content (AvgIpc) is 3.35. The van der Waals surface area contributed by atoms with Crippen LogP contribution in [0.25, 0.3) is 0 Å². The molecule has 0 spiro atoms. The summed E-state index contributed by atoms with van der Waals surface area (Å²) in [6.07, 6.45) is 3.14. The minimum Gasteiger partial charge on any atom is -0.462 e. The van der Waals surface area contributed by atoms with E-state index >= 15 is 0 Å². The van der Waals surface area contributed by atoms with Crippen molar-refractivity contribution in [3.05, 3.63) is 46.2 Å². The zero-order valence-corrected chi connectivity index (χ0v) is 15.9. The van der Waals surface area contributed by atoms with E-state index in [0.29, 0.717) is 5.56 Å². The summed E-state index contributed by atoms with van der Waals surface area (Å²) in [7, 11) is -3.71. The Balaban J connectivity index is 1.77. The van der Waals surface area contributed by atoms with Crippen LogP contribution in [0.3, 0.4) is 0 Å². The lowest BCUT2D eigenvalue weighted by Crippen LogP contribution is -2.37. The van der Waals surface area contributed by atoms with Gasteiger partial charge in [0.15, 0.2) is 0 Å². The number of aromatic nitrogens is 2. The number of sulfonamides is 1. The molecule has 1 saturated carbocycles. The first-order chi connectivity index (χ1) is 11.9. The minimum atomic E-state index is -3.71. The van der Waals surface area contributed by atoms with Gasteiger partial charge < -0.3 is 4.74 Å². The van der Waals surface area contributed by atoms with Crippen LogP contribution in [0, 0.1) is 6.92 Å². The predicted octanol–water partition coefficient (Wildman–Crippen LogP) is 3.32. The third-order valence-electron chi connectivity index (χ3n) is 3.83. The smallest absolute Gasteiger partial charge is 0.317 e. The van der Waals surface area contributed by atoms with Gasteiger partial charge in [-0.2, -0.15) is 9.29 Å². The van der Waals surface area contributed by atoms with E-state index in [1.165, 1.54) is 16.6 Å². The molecule has 1 aromatic heterocycles. The third-order valence-corrected chi connectivity index (χ3v) is 6.62. The molecular formula is C16H17Cl2N3O3S. The van der Waals surface area contributed by atoms with Crippen LogP contribution in [0.1, 0.15) is 18.4 Å². The van der Waals surface area contributed by atoms with Crippen molar-refractivity contribution < 1.29 is 13.2 Å². The van der Waals surface area contributed by atoms with E-state index in [1.807, 2.05) is 0 Å². The van der Waals surface area contributed by atoms with Gasteiger partial charge in [0.25, 0.3) is 0 Å². The Labute approximate surface area is 156 Å².